The largest absolute Gasteiger partial charge is 0.449 e. The molecule has 0 radical (unpaired) electrons. The summed E-state index contributed by atoms with van der Waals surface area (Å²) in [6, 6.07) is 2.06. The first-order valence-electron chi connectivity index (χ1n) is 31.3. The van der Waals surface area contributed by atoms with Crippen LogP contribution in [0.4, 0.5) is 0 Å². The van der Waals surface area contributed by atoms with Gasteiger partial charge in [-0.05, 0) is 162 Å². The minimum Gasteiger partial charge on any atom is -0.449 e. The molecule has 0 N–H and O–H groups in total. The van der Waals surface area contributed by atoms with Crippen molar-refractivity contribution in [3.05, 3.63) is 201 Å². The second kappa shape index (κ2) is 49.6. The molecule has 31 nitrogen and oxygen atoms in total. The lowest BCUT2D eigenvalue weighted by atomic mass is 10.4. The molecule has 35 heteroatoms. The van der Waals surface area contributed by atoms with Gasteiger partial charge in [-0.2, -0.15) is 24.7 Å². The summed E-state index contributed by atoms with van der Waals surface area (Å²) in [5, 5.41) is 52.9. The van der Waals surface area contributed by atoms with E-state index in [0.717, 1.165) is 100 Å². The van der Waals surface area contributed by atoms with Gasteiger partial charge in [-0.15, -0.1) is 69.7 Å². The molecule has 14 aromatic rings. The van der Waals surface area contributed by atoms with Crippen LogP contribution in [-0.2, 0) is 42.3 Å². The number of imidazole rings is 1. The third kappa shape index (κ3) is 45.0. The zero-order valence-corrected chi connectivity index (χ0v) is 67.9. The Morgan fingerprint density at radius 1 is 0.422 bits per heavy atom. The standard InChI is InChI=1S/C6H10N2.2C5H9N3.2C5H8N2.2C5H7NO.2C5H7NS.C4H7N3.2C4H6N2O.2C4H6N2S.CH4/c1-5-4-6(2)8(3)7-5;1-4-6-7-5(2)8(4)3;1-4-6-5(2)8(3)7-4;1-5-3-7(2)4-6-5;1-5-3-6-7(2)4-5;1-4-3-7-5(2)6-4;1-4-3-6-5(2)7-4;1-4-3-7-5(2)6-4;1-4-3-6-5(2)7-4;1-4-3-7(2)6-5-4;1-3-5-6-4(2)7-3;1-3-5-4(2)7-6-3;1-3-5-6-4(2)7-3;1-3-5-4(2)7-6-3;/h4H,1-3H3;2*1-3H3;2*3-4H,1-2H3;5*3H,1-2H3;4*1-2H3;1H4. The van der Waals surface area contributed by atoms with Crippen LogP contribution < -0.4 is 0 Å². The van der Waals surface area contributed by atoms with Gasteiger partial charge in [0.15, 0.2) is 17.6 Å². The van der Waals surface area contributed by atoms with Crippen LogP contribution in [0.2, 0.25) is 0 Å². The lowest BCUT2D eigenvalue weighted by molar-refractivity contribution is 0.389. The molecule has 14 aromatic heterocycles. The van der Waals surface area contributed by atoms with E-state index >= 15 is 0 Å². The zero-order chi connectivity index (χ0) is 76.5. The molecule has 0 unspecified atom stereocenters. The van der Waals surface area contributed by atoms with E-state index in [-0.39, 0.29) is 7.43 Å². The molecule has 0 amide bonds. The van der Waals surface area contributed by atoms with Crippen LogP contribution in [0.25, 0.3) is 0 Å². The number of thiazole rings is 2. The molecule has 0 aromatic carbocycles. The molecule has 14 heterocycles. The summed E-state index contributed by atoms with van der Waals surface area (Å²) in [4.78, 5) is 33.1. The highest BCUT2D eigenvalue weighted by Gasteiger charge is 1.98. The maximum absolute atomic E-state index is 4.97. The second-order valence-electron chi connectivity index (χ2n) is 22.0. The number of hydrogen-bond donors (Lipinski definition) is 0. The van der Waals surface area contributed by atoms with Gasteiger partial charge in [-0.1, -0.05) is 17.8 Å². The van der Waals surface area contributed by atoms with Gasteiger partial charge < -0.3 is 26.9 Å². The predicted octanol–water partition coefficient (Wildman–Crippen LogP) is 13.9. The molecule has 0 aliphatic rings. The van der Waals surface area contributed by atoms with Gasteiger partial charge in [0, 0.05) is 123 Å². The van der Waals surface area contributed by atoms with Crippen molar-refractivity contribution in [1.82, 2.24) is 133 Å². The van der Waals surface area contributed by atoms with Crippen molar-refractivity contribution in [2.24, 2.45) is 42.3 Å². The SMILES string of the molecule is C.Cc1cc(C)n(C)n1.Cc1cn(C)cn1.Cc1cn(C)nn1.Cc1cnc(C)o1.Cc1cnc(C)s1.Cc1cnn(C)c1.Cc1coc(C)n1.Cc1csc(C)n1.Cc1nc(C)n(C)n1.Cc1nnc(C)n1C.Cc1nnc(C)o1.Cc1nnc(C)s1.Cc1noc(C)n1.Cc1nsc(C)n1. The Morgan fingerprint density at radius 3 is 1.19 bits per heavy atom. The quantitative estimate of drug-likeness (QED) is 0.136. The van der Waals surface area contributed by atoms with Crippen LogP contribution in [0, 0.1) is 173 Å². The Balaban J connectivity index is 0.00000108. The number of rotatable bonds is 0. The van der Waals surface area contributed by atoms with E-state index in [0.29, 0.717) is 23.5 Å². The average Bonchev–Trinajstić information content (AvgIpc) is 1.75. The Morgan fingerprint density at radius 2 is 1.05 bits per heavy atom. The van der Waals surface area contributed by atoms with Crippen molar-refractivity contribution in [3.8, 4) is 0 Å². The highest BCUT2D eigenvalue weighted by atomic mass is 32.1. The summed E-state index contributed by atoms with van der Waals surface area (Å²) < 4.78 is 34.2. The van der Waals surface area contributed by atoms with Crippen molar-refractivity contribution < 1.29 is 17.8 Å². The van der Waals surface area contributed by atoms with Gasteiger partial charge in [0.25, 0.3) is 0 Å². The highest BCUT2D eigenvalue weighted by molar-refractivity contribution is 7.11. The van der Waals surface area contributed by atoms with Gasteiger partial charge in [-0.25, -0.2) is 34.9 Å². The number of nitrogens with zero attached hydrogens (tertiary/aromatic N) is 27. The maximum Gasteiger partial charge on any atom is 0.223 e. The minimum atomic E-state index is 0. The van der Waals surface area contributed by atoms with Gasteiger partial charge >= 0.3 is 0 Å². The molecule has 558 valence electrons. The minimum absolute atomic E-state index is 0. The third-order valence-electron chi connectivity index (χ3n) is 11.5. The normalized spacial score (nSPS) is 9.44. The van der Waals surface area contributed by atoms with Crippen molar-refractivity contribution in [2.45, 2.75) is 181 Å². The molecule has 0 aliphatic carbocycles. The van der Waals surface area contributed by atoms with Gasteiger partial charge in [0.05, 0.1) is 51.5 Å². The van der Waals surface area contributed by atoms with E-state index < -0.39 is 0 Å². The smallest absolute Gasteiger partial charge is 0.223 e. The molecule has 102 heavy (non-hydrogen) atoms. The van der Waals surface area contributed by atoms with E-state index in [1.54, 1.807) is 94.5 Å². The van der Waals surface area contributed by atoms with Crippen LogP contribution in [0.3, 0.4) is 0 Å². The van der Waals surface area contributed by atoms with Crippen LogP contribution in [0.15, 0.2) is 79.0 Å². The van der Waals surface area contributed by atoms with Crippen molar-refractivity contribution >= 4 is 45.5 Å². The number of aromatic nitrogens is 27. The zero-order valence-electron chi connectivity index (χ0n) is 64.6. The molecule has 14 rings (SSSR count). The molecule has 0 spiro atoms. The predicted molar refractivity (Wildman–Crippen MR) is 403 cm³/mol. The average molecular weight is 1480 g/mol. The Labute approximate surface area is 617 Å². The summed E-state index contributed by atoms with van der Waals surface area (Å²) in [5.74, 6) is 9.50. The van der Waals surface area contributed by atoms with Crippen LogP contribution in [0.1, 0.15) is 147 Å². The summed E-state index contributed by atoms with van der Waals surface area (Å²) in [7, 11) is 11.5. The molecular weight excluding hydrogens is 1380 g/mol. The van der Waals surface area contributed by atoms with Gasteiger partial charge in [-0.3, -0.25) is 18.7 Å². The number of aryl methyl sites for hydroxylation is 30. The molecule has 0 aliphatic heterocycles. The maximum atomic E-state index is 4.97. The van der Waals surface area contributed by atoms with E-state index in [1.807, 2.05) is 226 Å². The first-order valence-corrected chi connectivity index (χ1v) is 34.6. The monoisotopic (exact) mass is 1480 g/mol. The Kier molecular flexibility index (Phi) is 44.8. The molecule has 0 bridgehead atoms. The van der Waals surface area contributed by atoms with Crippen molar-refractivity contribution in [1.29, 1.82) is 0 Å². The van der Waals surface area contributed by atoms with Crippen LogP contribution in [-0.4, -0.2) is 133 Å². The first kappa shape index (κ1) is 92.1. The summed E-state index contributed by atoms with van der Waals surface area (Å²) in [5.41, 5.74) is 7.61. The molecule has 0 saturated carbocycles. The Hall–Kier alpha value is -9.87. The molecule has 0 atom stereocenters. The van der Waals surface area contributed by atoms with Gasteiger partial charge in [0.2, 0.25) is 17.7 Å². The third-order valence-corrected chi connectivity index (χ3v) is 14.7. The van der Waals surface area contributed by atoms with E-state index in [4.69, 9.17) is 13.3 Å². The topological polar surface area (TPSA) is 353 Å². The first-order chi connectivity index (χ1) is 47.3. The van der Waals surface area contributed by atoms with Crippen LogP contribution >= 0.6 is 45.5 Å². The van der Waals surface area contributed by atoms with Crippen molar-refractivity contribution in [3.63, 3.8) is 0 Å². The Bertz CT molecular complexity index is 3410. The van der Waals surface area contributed by atoms with E-state index in [9.17, 15) is 0 Å². The van der Waals surface area contributed by atoms with E-state index in [2.05, 4.69) is 128 Å². The van der Waals surface area contributed by atoms with E-state index in [1.165, 1.54) is 27.7 Å². The fraction of sp³-hybridized carbons (Fsp3) is 0.478. The molecular formula is C67H107N27O4S4. The van der Waals surface area contributed by atoms with Crippen molar-refractivity contribution in [2.75, 3.05) is 0 Å². The molecule has 0 fully saturated rings. The fourth-order valence-corrected chi connectivity index (χ4v) is 9.23. The molecule has 0 saturated heterocycles. The summed E-state index contributed by atoms with van der Waals surface area (Å²) in [6.45, 7) is 47.9. The van der Waals surface area contributed by atoms with Crippen LogP contribution in [0.5, 0.6) is 0 Å². The summed E-state index contributed by atoms with van der Waals surface area (Å²) >= 11 is 6.49. The number of hydrogen-bond acceptors (Lipinski definition) is 29. The lowest BCUT2D eigenvalue weighted by Crippen LogP contribution is -1.92. The van der Waals surface area contributed by atoms with Gasteiger partial charge in [0.1, 0.15) is 56.2 Å². The number of oxazole rings is 2. The summed E-state index contributed by atoms with van der Waals surface area (Å²) in [6.07, 6.45) is 14.7. The fourth-order valence-electron chi connectivity index (χ4n) is 6.89. The lowest BCUT2D eigenvalue weighted by Gasteiger charge is -1.90. The highest BCUT2D eigenvalue weighted by Crippen LogP contribution is 2.09. The second-order valence-corrected chi connectivity index (χ2v) is 26.9.